The van der Waals surface area contributed by atoms with Gasteiger partial charge in [0.25, 0.3) is 0 Å². The van der Waals surface area contributed by atoms with Crippen LogP contribution < -0.4 is 4.90 Å². The van der Waals surface area contributed by atoms with E-state index in [0.29, 0.717) is 21.7 Å². The van der Waals surface area contributed by atoms with Crippen molar-refractivity contribution in [2.24, 2.45) is 0 Å². The number of halogens is 1. The number of benzene rings is 1. The fourth-order valence-electron chi connectivity index (χ4n) is 1.76. The van der Waals surface area contributed by atoms with E-state index >= 15 is 0 Å². The van der Waals surface area contributed by atoms with Crippen LogP contribution in [-0.4, -0.2) is 34.4 Å². The molecule has 20 heavy (non-hydrogen) atoms. The molecule has 0 saturated heterocycles. The monoisotopic (exact) mass is 311 g/mol. The van der Waals surface area contributed by atoms with Gasteiger partial charge in [-0.25, -0.2) is 0 Å². The molecular weight excluding hydrogens is 298 g/mol. The molecule has 2 aromatic rings. The third-order valence-corrected chi connectivity index (χ3v) is 3.96. The normalized spacial score (nSPS) is 10.5. The van der Waals surface area contributed by atoms with Gasteiger partial charge in [0, 0.05) is 12.1 Å². The second-order valence-corrected chi connectivity index (χ2v) is 5.55. The molecule has 106 valence electrons. The lowest BCUT2D eigenvalue weighted by Crippen LogP contribution is -2.30. The van der Waals surface area contributed by atoms with Crippen molar-refractivity contribution in [3.63, 3.8) is 0 Å². The molecular formula is C13H14ClN3O2S. The van der Waals surface area contributed by atoms with Gasteiger partial charge < -0.3 is 10.0 Å². The molecule has 0 bridgehead atoms. The molecule has 7 heteroatoms. The van der Waals surface area contributed by atoms with E-state index in [0.717, 1.165) is 12.0 Å². The van der Waals surface area contributed by atoms with E-state index in [-0.39, 0.29) is 6.54 Å². The summed E-state index contributed by atoms with van der Waals surface area (Å²) in [7, 11) is 0. The van der Waals surface area contributed by atoms with Crippen LogP contribution in [0.5, 0.6) is 0 Å². The minimum Gasteiger partial charge on any atom is -0.480 e. The lowest BCUT2D eigenvalue weighted by molar-refractivity contribution is -0.135. The van der Waals surface area contributed by atoms with Crippen LogP contribution in [0.15, 0.2) is 24.3 Å². The maximum atomic E-state index is 10.9. The van der Waals surface area contributed by atoms with Crippen LogP contribution >= 0.6 is 22.9 Å². The van der Waals surface area contributed by atoms with Gasteiger partial charge in [-0.2, -0.15) is 0 Å². The number of carbonyl (C=O) groups is 1. The van der Waals surface area contributed by atoms with Crippen LogP contribution in [-0.2, 0) is 4.79 Å². The van der Waals surface area contributed by atoms with Gasteiger partial charge in [0.15, 0.2) is 5.01 Å². The van der Waals surface area contributed by atoms with Crippen LogP contribution in [0.1, 0.15) is 13.3 Å². The predicted octanol–water partition coefficient (Wildman–Crippen LogP) is 3.16. The molecule has 0 amide bonds. The minimum atomic E-state index is -0.882. The number of carboxylic acids is 1. The number of hydrogen-bond acceptors (Lipinski definition) is 5. The van der Waals surface area contributed by atoms with E-state index in [4.69, 9.17) is 16.7 Å². The SMILES string of the molecule is CCCN(CC(=O)O)c1nnc(-c2ccccc2Cl)s1. The maximum absolute atomic E-state index is 10.9. The number of hydrogen-bond donors (Lipinski definition) is 1. The molecule has 0 fully saturated rings. The van der Waals surface area contributed by atoms with E-state index in [1.807, 2.05) is 25.1 Å². The molecule has 0 spiro atoms. The smallest absolute Gasteiger partial charge is 0.323 e. The molecule has 1 aromatic heterocycles. The Morgan fingerprint density at radius 2 is 2.15 bits per heavy atom. The maximum Gasteiger partial charge on any atom is 0.323 e. The average molecular weight is 312 g/mol. The van der Waals surface area contributed by atoms with E-state index in [1.54, 1.807) is 11.0 Å². The van der Waals surface area contributed by atoms with Gasteiger partial charge in [-0.15, -0.1) is 10.2 Å². The first-order chi connectivity index (χ1) is 9.61. The van der Waals surface area contributed by atoms with Crippen LogP contribution in [0.4, 0.5) is 5.13 Å². The zero-order valence-electron chi connectivity index (χ0n) is 10.9. The molecule has 0 radical (unpaired) electrons. The second kappa shape index (κ2) is 6.67. The Labute approximate surface area is 125 Å². The Morgan fingerprint density at radius 3 is 2.80 bits per heavy atom. The van der Waals surface area contributed by atoms with Crippen molar-refractivity contribution in [1.29, 1.82) is 0 Å². The van der Waals surface area contributed by atoms with Crippen LogP contribution in [0.25, 0.3) is 10.6 Å². The fraction of sp³-hybridized carbons (Fsp3) is 0.308. The van der Waals surface area contributed by atoms with Crippen molar-refractivity contribution in [2.45, 2.75) is 13.3 Å². The summed E-state index contributed by atoms with van der Waals surface area (Å²) in [4.78, 5) is 12.6. The summed E-state index contributed by atoms with van der Waals surface area (Å²) in [5, 5.41) is 19.0. The van der Waals surface area contributed by atoms with Gasteiger partial charge in [0.05, 0.1) is 5.02 Å². The number of aliphatic carboxylic acids is 1. The molecule has 0 aliphatic carbocycles. The Hall–Kier alpha value is -1.66. The Kier molecular flexibility index (Phi) is 4.92. The number of carboxylic acid groups (broad SMARTS) is 1. The van der Waals surface area contributed by atoms with Crippen LogP contribution in [0.3, 0.4) is 0 Å². The van der Waals surface area contributed by atoms with E-state index in [9.17, 15) is 4.79 Å². The first-order valence-corrected chi connectivity index (χ1v) is 7.36. The Morgan fingerprint density at radius 1 is 1.40 bits per heavy atom. The molecule has 0 aliphatic rings. The Bertz CT molecular complexity index is 603. The topological polar surface area (TPSA) is 66.3 Å². The van der Waals surface area contributed by atoms with Crippen molar-refractivity contribution in [3.05, 3.63) is 29.3 Å². The van der Waals surface area contributed by atoms with Crippen LogP contribution in [0, 0.1) is 0 Å². The zero-order valence-corrected chi connectivity index (χ0v) is 12.5. The lowest BCUT2D eigenvalue weighted by atomic mass is 10.2. The first-order valence-electron chi connectivity index (χ1n) is 6.17. The van der Waals surface area contributed by atoms with Crippen molar-refractivity contribution in [3.8, 4) is 10.6 Å². The van der Waals surface area contributed by atoms with E-state index < -0.39 is 5.97 Å². The van der Waals surface area contributed by atoms with Gasteiger partial charge in [-0.1, -0.05) is 48.1 Å². The van der Waals surface area contributed by atoms with E-state index in [1.165, 1.54) is 11.3 Å². The van der Waals surface area contributed by atoms with Crippen molar-refractivity contribution in [1.82, 2.24) is 10.2 Å². The summed E-state index contributed by atoms with van der Waals surface area (Å²) in [5.74, 6) is -0.882. The summed E-state index contributed by atoms with van der Waals surface area (Å²) in [6.07, 6.45) is 0.842. The largest absolute Gasteiger partial charge is 0.480 e. The molecule has 0 atom stereocenters. The highest BCUT2D eigenvalue weighted by atomic mass is 35.5. The van der Waals surface area contributed by atoms with Crippen molar-refractivity contribution >= 4 is 34.0 Å². The summed E-state index contributed by atoms with van der Waals surface area (Å²) in [5.41, 5.74) is 0.810. The zero-order chi connectivity index (χ0) is 14.5. The number of anilines is 1. The second-order valence-electron chi connectivity index (χ2n) is 4.18. The average Bonchev–Trinajstić information content (AvgIpc) is 2.87. The quantitative estimate of drug-likeness (QED) is 0.887. The van der Waals surface area contributed by atoms with Crippen molar-refractivity contribution < 1.29 is 9.90 Å². The molecule has 1 N–H and O–H groups in total. The predicted molar refractivity (Wildman–Crippen MR) is 80.5 cm³/mol. The summed E-state index contributed by atoms with van der Waals surface area (Å²) < 4.78 is 0. The van der Waals surface area contributed by atoms with Gasteiger partial charge in [0.2, 0.25) is 5.13 Å². The van der Waals surface area contributed by atoms with Gasteiger partial charge >= 0.3 is 5.97 Å². The highest BCUT2D eigenvalue weighted by Crippen LogP contribution is 2.32. The molecule has 2 rings (SSSR count). The molecule has 5 nitrogen and oxygen atoms in total. The number of rotatable bonds is 6. The highest BCUT2D eigenvalue weighted by Gasteiger charge is 2.16. The number of aromatic nitrogens is 2. The van der Waals surface area contributed by atoms with Gasteiger partial charge in [-0.3, -0.25) is 4.79 Å². The molecule has 1 heterocycles. The first kappa shape index (κ1) is 14.7. The molecule has 0 unspecified atom stereocenters. The third-order valence-electron chi connectivity index (χ3n) is 2.61. The standard InChI is InChI=1S/C13H14ClN3O2S/c1-2-7-17(8-11(18)19)13-16-15-12(20-13)9-5-3-4-6-10(9)14/h3-6H,2,7-8H2,1H3,(H,18,19). The van der Waals surface area contributed by atoms with E-state index in [2.05, 4.69) is 10.2 Å². The van der Waals surface area contributed by atoms with Gasteiger partial charge in [0.1, 0.15) is 6.54 Å². The van der Waals surface area contributed by atoms with Crippen LogP contribution in [0.2, 0.25) is 5.02 Å². The fourth-order valence-corrected chi connectivity index (χ4v) is 2.95. The third kappa shape index (κ3) is 3.46. The molecule has 0 aliphatic heterocycles. The van der Waals surface area contributed by atoms with Gasteiger partial charge in [-0.05, 0) is 12.5 Å². The summed E-state index contributed by atoms with van der Waals surface area (Å²) in [6, 6.07) is 7.39. The molecule has 1 aromatic carbocycles. The minimum absolute atomic E-state index is 0.0784. The Balaban J connectivity index is 2.27. The number of nitrogens with zero attached hydrogens (tertiary/aromatic N) is 3. The molecule has 0 saturated carbocycles. The van der Waals surface area contributed by atoms with Crippen molar-refractivity contribution in [2.75, 3.05) is 18.0 Å². The lowest BCUT2D eigenvalue weighted by Gasteiger charge is -2.17. The summed E-state index contributed by atoms with van der Waals surface area (Å²) in [6.45, 7) is 2.54. The highest BCUT2D eigenvalue weighted by molar-refractivity contribution is 7.18. The summed E-state index contributed by atoms with van der Waals surface area (Å²) >= 11 is 7.47.